The van der Waals surface area contributed by atoms with Crippen LogP contribution in [0.2, 0.25) is 0 Å². The molecule has 2 aromatic rings. The summed E-state index contributed by atoms with van der Waals surface area (Å²) in [7, 11) is 0. The van der Waals surface area contributed by atoms with Crippen LogP contribution in [0.15, 0.2) is 48.7 Å². The topological polar surface area (TPSA) is 42.0 Å². The number of pyridine rings is 1. The quantitative estimate of drug-likeness (QED) is 0.886. The second-order valence-corrected chi connectivity index (χ2v) is 4.80. The molecule has 0 saturated heterocycles. The van der Waals surface area contributed by atoms with Gasteiger partial charge in [0.25, 0.3) is 0 Å². The Balaban J connectivity index is 2.17. The van der Waals surface area contributed by atoms with Gasteiger partial charge in [-0.15, -0.1) is 0 Å². The molecule has 1 aromatic heterocycles. The summed E-state index contributed by atoms with van der Waals surface area (Å²) in [6.45, 7) is 4.08. The largest absolute Gasteiger partial charge is 0.326 e. The predicted molar refractivity (Wildman–Crippen MR) is 82.4 cm³/mol. The number of carbonyl (C=O) groups is 1. The van der Waals surface area contributed by atoms with Gasteiger partial charge in [0.1, 0.15) is 0 Å². The summed E-state index contributed by atoms with van der Waals surface area (Å²) in [5.41, 5.74) is 2.74. The molecular formula is C17H20N2O. The molecule has 0 unspecified atom stereocenters. The zero-order valence-corrected chi connectivity index (χ0v) is 12.0. The van der Waals surface area contributed by atoms with Crippen molar-refractivity contribution >= 4 is 11.6 Å². The Morgan fingerprint density at radius 2 is 1.95 bits per heavy atom. The summed E-state index contributed by atoms with van der Waals surface area (Å²) < 4.78 is 0. The van der Waals surface area contributed by atoms with Gasteiger partial charge in [0.2, 0.25) is 5.91 Å². The summed E-state index contributed by atoms with van der Waals surface area (Å²) in [6.07, 6.45) is 3.50. The van der Waals surface area contributed by atoms with E-state index in [2.05, 4.69) is 10.3 Å². The second-order valence-electron chi connectivity index (χ2n) is 4.80. The van der Waals surface area contributed by atoms with Crippen molar-refractivity contribution in [1.29, 1.82) is 0 Å². The minimum absolute atomic E-state index is 0.0773. The van der Waals surface area contributed by atoms with E-state index < -0.39 is 0 Å². The fourth-order valence-electron chi connectivity index (χ4n) is 2.19. The van der Waals surface area contributed by atoms with Crippen molar-refractivity contribution in [2.45, 2.75) is 26.7 Å². The van der Waals surface area contributed by atoms with Crippen molar-refractivity contribution in [3.05, 3.63) is 48.7 Å². The Hall–Kier alpha value is -2.16. The number of carbonyl (C=O) groups excluding carboxylic acids is 1. The lowest BCUT2D eigenvalue weighted by Crippen LogP contribution is -2.21. The molecule has 0 saturated carbocycles. The number of nitrogens with one attached hydrogen (secondary N) is 1. The molecule has 0 aliphatic rings. The molecule has 3 heteroatoms. The molecule has 0 spiro atoms. The summed E-state index contributed by atoms with van der Waals surface area (Å²) in [5, 5.41) is 2.99. The first-order chi connectivity index (χ1) is 9.74. The first-order valence-electron chi connectivity index (χ1n) is 7.07. The van der Waals surface area contributed by atoms with Crippen molar-refractivity contribution in [1.82, 2.24) is 4.98 Å². The summed E-state index contributed by atoms with van der Waals surface area (Å²) in [5.74, 6) is 0.168. The molecule has 1 N–H and O–H groups in total. The van der Waals surface area contributed by atoms with Crippen molar-refractivity contribution in [2.24, 2.45) is 5.92 Å². The second kappa shape index (κ2) is 6.85. The van der Waals surface area contributed by atoms with Gasteiger partial charge in [0.15, 0.2) is 0 Å². The normalized spacial score (nSPS) is 10.6. The highest BCUT2D eigenvalue weighted by molar-refractivity contribution is 5.93. The van der Waals surface area contributed by atoms with E-state index in [0.29, 0.717) is 0 Å². The number of anilines is 1. The first-order valence-corrected chi connectivity index (χ1v) is 7.07. The molecule has 104 valence electrons. The van der Waals surface area contributed by atoms with E-state index in [-0.39, 0.29) is 11.8 Å². The molecule has 3 nitrogen and oxygen atoms in total. The maximum absolute atomic E-state index is 12.1. The Kier molecular flexibility index (Phi) is 4.88. The van der Waals surface area contributed by atoms with E-state index in [1.165, 1.54) is 0 Å². The Bertz CT molecular complexity index is 562. The number of amides is 1. The van der Waals surface area contributed by atoms with E-state index in [1.807, 2.05) is 56.3 Å². The van der Waals surface area contributed by atoms with Gasteiger partial charge in [0.05, 0.1) is 5.69 Å². The number of nitrogens with zero attached hydrogens (tertiary/aromatic N) is 1. The zero-order valence-electron chi connectivity index (χ0n) is 12.0. The van der Waals surface area contributed by atoms with Crippen LogP contribution in [0.25, 0.3) is 11.3 Å². The minimum Gasteiger partial charge on any atom is -0.326 e. The standard InChI is InChI=1S/C17H20N2O/c1-3-13(4-2)17(20)19-15-9-7-8-14(12-15)16-10-5-6-11-18-16/h5-13H,3-4H2,1-2H3,(H,19,20). The predicted octanol–water partition coefficient (Wildman–Crippen LogP) is 4.12. The number of hydrogen-bond acceptors (Lipinski definition) is 2. The van der Waals surface area contributed by atoms with Gasteiger partial charge in [-0.3, -0.25) is 9.78 Å². The molecular weight excluding hydrogens is 248 g/mol. The van der Waals surface area contributed by atoms with Gasteiger partial charge >= 0.3 is 0 Å². The van der Waals surface area contributed by atoms with Crippen LogP contribution in [0, 0.1) is 5.92 Å². The molecule has 2 rings (SSSR count). The lowest BCUT2D eigenvalue weighted by molar-refractivity contribution is -0.120. The molecule has 0 aliphatic carbocycles. The van der Waals surface area contributed by atoms with Gasteiger partial charge in [-0.1, -0.05) is 32.0 Å². The fraction of sp³-hybridized carbons (Fsp3) is 0.294. The summed E-state index contributed by atoms with van der Waals surface area (Å²) in [4.78, 5) is 16.4. The van der Waals surface area contributed by atoms with Gasteiger partial charge in [-0.2, -0.15) is 0 Å². The number of benzene rings is 1. The molecule has 1 amide bonds. The lowest BCUT2D eigenvalue weighted by Gasteiger charge is -2.13. The third-order valence-electron chi connectivity index (χ3n) is 3.45. The van der Waals surface area contributed by atoms with Gasteiger partial charge < -0.3 is 5.32 Å². The van der Waals surface area contributed by atoms with E-state index in [4.69, 9.17) is 0 Å². The minimum atomic E-state index is 0.0773. The average molecular weight is 268 g/mol. The van der Waals surface area contributed by atoms with Gasteiger partial charge in [-0.25, -0.2) is 0 Å². The highest BCUT2D eigenvalue weighted by Crippen LogP contribution is 2.21. The Morgan fingerprint density at radius 3 is 2.60 bits per heavy atom. The van der Waals surface area contributed by atoms with E-state index in [9.17, 15) is 4.79 Å². The monoisotopic (exact) mass is 268 g/mol. The van der Waals surface area contributed by atoms with Crippen LogP contribution >= 0.6 is 0 Å². The summed E-state index contributed by atoms with van der Waals surface area (Å²) >= 11 is 0. The lowest BCUT2D eigenvalue weighted by atomic mass is 10.0. The van der Waals surface area contributed by atoms with Crippen LogP contribution in [0.5, 0.6) is 0 Å². The molecule has 0 radical (unpaired) electrons. The molecule has 0 aliphatic heterocycles. The fourth-order valence-corrected chi connectivity index (χ4v) is 2.19. The van der Waals surface area contributed by atoms with Crippen LogP contribution in [0.4, 0.5) is 5.69 Å². The molecule has 1 heterocycles. The molecule has 0 atom stereocenters. The highest BCUT2D eigenvalue weighted by Gasteiger charge is 2.14. The average Bonchev–Trinajstić information content (AvgIpc) is 2.49. The van der Waals surface area contributed by atoms with E-state index in [1.54, 1.807) is 6.20 Å². The van der Waals surface area contributed by atoms with Crippen LogP contribution in [-0.2, 0) is 4.79 Å². The maximum atomic E-state index is 12.1. The SMILES string of the molecule is CCC(CC)C(=O)Nc1cccc(-c2ccccn2)c1. The molecule has 20 heavy (non-hydrogen) atoms. The van der Waals surface area contributed by atoms with Crippen molar-refractivity contribution in [3.8, 4) is 11.3 Å². The highest BCUT2D eigenvalue weighted by atomic mass is 16.1. The molecule has 0 bridgehead atoms. The van der Waals surface area contributed by atoms with Crippen molar-refractivity contribution < 1.29 is 4.79 Å². The first kappa shape index (κ1) is 14.3. The molecule has 1 aromatic carbocycles. The van der Waals surface area contributed by atoms with Crippen LogP contribution in [0.3, 0.4) is 0 Å². The number of aromatic nitrogens is 1. The third kappa shape index (κ3) is 3.44. The van der Waals surface area contributed by atoms with Crippen molar-refractivity contribution in [3.63, 3.8) is 0 Å². The van der Waals surface area contributed by atoms with Crippen LogP contribution in [0.1, 0.15) is 26.7 Å². The Labute approximate surface area is 120 Å². The van der Waals surface area contributed by atoms with E-state index >= 15 is 0 Å². The third-order valence-corrected chi connectivity index (χ3v) is 3.45. The smallest absolute Gasteiger partial charge is 0.227 e. The number of hydrogen-bond donors (Lipinski definition) is 1. The maximum Gasteiger partial charge on any atom is 0.227 e. The van der Waals surface area contributed by atoms with Gasteiger partial charge in [-0.05, 0) is 37.1 Å². The number of rotatable bonds is 5. The van der Waals surface area contributed by atoms with E-state index in [0.717, 1.165) is 29.8 Å². The van der Waals surface area contributed by atoms with Crippen molar-refractivity contribution in [2.75, 3.05) is 5.32 Å². The Morgan fingerprint density at radius 1 is 1.15 bits per heavy atom. The van der Waals surface area contributed by atoms with Crippen LogP contribution < -0.4 is 5.32 Å². The van der Waals surface area contributed by atoms with Gasteiger partial charge in [0, 0.05) is 23.4 Å². The van der Waals surface area contributed by atoms with Crippen LogP contribution in [-0.4, -0.2) is 10.9 Å². The molecule has 0 fully saturated rings. The zero-order chi connectivity index (χ0) is 14.4. The summed E-state index contributed by atoms with van der Waals surface area (Å²) in [6, 6.07) is 13.6.